The van der Waals surface area contributed by atoms with Crippen LogP contribution in [0.2, 0.25) is 0 Å². The lowest BCUT2D eigenvalue weighted by Gasteiger charge is -1.98. The van der Waals surface area contributed by atoms with E-state index in [1.54, 1.807) is 12.2 Å². The van der Waals surface area contributed by atoms with Crippen LogP contribution in [0.1, 0.15) is 12.8 Å². The van der Waals surface area contributed by atoms with Crippen molar-refractivity contribution in [3.63, 3.8) is 0 Å². The molecule has 1 fully saturated rings. The second-order valence-corrected chi connectivity index (χ2v) is 5.60. The van der Waals surface area contributed by atoms with Crippen molar-refractivity contribution in [2.75, 3.05) is 18.6 Å². The van der Waals surface area contributed by atoms with Crippen molar-refractivity contribution < 1.29 is 17.9 Å². The molecule has 1 heterocycles. The van der Waals surface area contributed by atoms with Gasteiger partial charge in [-0.1, -0.05) is 12.2 Å². The normalized spacial score (nSPS) is 25.4. The maximum Gasteiger partial charge on any atom is 0.309 e. The van der Waals surface area contributed by atoms with E-state index in [2.05, 4.69) is 4.74 Å². The van der Waals surface area contributed by atoms with Gasteiger partial charge in [0.2, 0.25) is 0 Å². The van der Waals surface area contributed by atoms with Crippen molar-refractivity contribution in [1.29, 1.82) is 0 Å². The molecule has 1 saturated heterocycles. The summed E-state index contributed by atoms with van der Waals surface area (Å²) < 4.78 is 26.6. The Kier molecular flexibility index (Phi) is 3.69. The summed E-state index contributed by atoms with van der Waals surface area (Å²) in [7, 11) is -1.49. The molecule has 14 heavy (non-hydrogen) atoms. The fraction of sp³-hybridized carbons (Fsp3) is 0.667. The Hall–Kier alpha value is -0.840. The fourth-order valence-corrected chi connectivity index (χ4v) is 3.17. The first-order chi connectivity index (χ1) is 6.53. The summed E-state index contributed by atoms with van der Waals surface area (Å²) in [6, 6.07) is 0. The van der Waals surface area contributed by atoms with Crippen molar-refractivity contribution in [3.05, 3.63) is 12.2 Å². The first-order valence-corrected chi connectivity index (χ1v) is 6.29. The van der Waals surface area contributed by atoms with E-state index >= 15 is 0 Å². The maximum atomic E-state index is 11.1. The molecule has 1 aliphatic heterocycles. The molecule has 0 radical (unpaired) electrons. The van der Waals surface area contributed by atoms with Crippen molar-refractivity contribution >= 4 is 15.8 Å². The Bertz CT molecular complexity index is 329. The van der Waals surface area contributed by atoms with E-state index in [0.717, 1.165) is 0 Å². The van der Waals surface area contributed by atoms with Gasteiger partial charge in [0, 0.05) is 0 Å². The molecule has 0 aliphatic carbocycles. The number of sulfone groups is 1. The molecule has 0 spiro atoms. The summed E-state index contributed by atoms with van der Waals surface area (Å²) in [5.74, 6) is 0.247. The number of ether oxygens (including phenoxy) is 1. The fourth-order valence-electron chi connectivity index (χ4n) is 1.42. The van der Waals surface area contributed by atoms with Gasteiger partial charge >= 0.3 is 5.97 Å². The van der Waals surface area contributed by atoms with Gasteiger partial charge in [-0.3, -0.25) is 4.79 Å². The topological polar surface area (TPSA) is 60.4 Å². The number of carbonyl (C=O) groups excluding carboxylic acids is 1. The summed E-state index contributed by atoms with van der Waals surface area (Å²) in [6.45, 7) is 0. The first kappa shape index (κ1) is 11.2. The van der Waals surface area contributed by atoms with Crippen molar-refractivity contribution in [2.24, 2.45) is 5.92 Å². The maximum absolute atomic E-state index is 11.1. The quantitative estimate of drug-likeness (QED) is 0.512. The standard InChI is InChI=1S/C9H14O4S/c1-13-9(10)4-2-3-8-5-6-14(11,12)7-8/h2-3,8H,4-7H2,1H3/b3-2-. The molecule has 1 unspecified atom stereocenters. The van der Waals surface area contributed by atoms with Gasteiger partial charge in [-0.2, -0.15) is 0 Å². The molecule has 1 atom stereocenters. The average molecular weight is 218 g/mol. The summed E-state index contributed by atoms with van der Waals surface area (Å²) in [6.07, 6.45) is 4.35. The van der Waals surface area contributed by atoms with Gasteiger partial charge in [-0.25, -0.2) is 8.42 Å². The van der Waals surface area contributed by atoms with Crippen LogP contribution in [0.15, 0.2) is 12.2 Å². The summed E-state index contributed by atoms with van der Waals surface area (Å²) in [4.78, 5) is 10.7. The first-order valence-electron chi connectivity index (χ1n) is 4.47. The number of allylic oxidation sites excluding steroid dienone is 1. The Morgan fingerprint density at radius 3 is 2.79 bits per heavy atom. The molecule has 1 aliphatic rings. The zero-order valence-corrected chi connectivity index (χ0v) is 8.92. The molecule has 5 heteroatoms. The minimum Gasteiger partial charge on any atom is -0.469 e. The van der Waals surface area contributed by atoms with Crippen LogP contribution in [0.5, 0.6) is 0 Å². The lowest BCUT2D eigenvalue weighted by molar-refractivity contribution is -0.139. The predicted octanol–water partition coefficient (Wildman–Crippen LogP) is 0.540. The van der Waals surface area contributed by atoms with E-state index in [1.807, 2.05) is 0 Å². The molecular weight excluding hydrogens is 204 g/mol. The number of hydrogen-bond donors (Lipinski definition) is 0. The van der Waals surface area contributed by atoms with Crippen LogP contribution in [-0.2, 0) is 19.4 Å². The van der Waals surface area contributed by atoms with Gasteiger partial charge in [0.05, 0.1) is 25.0 Å². The number of methoxy groups -OCH3 is 1. The Labute approximate surface area is 83.9 Å². The lowest BCUT2D eigenvalue weighted by Crippen LogP contribution is -2.03. The van der Waals surface area contributed by atoms with E-state index in [0.29, 0.717) is 6.42 Å². The second-order valence-electron chi connectivity index (χ2n) is 3.37. The zero-order valence-electron chi connectivity index (χ0n) is 8.10. The molecule has 0 aromatic carbocycles. The monoisotopic (exact) mass is 218 g/mol. The van der Waals surface area contributed by atoms with E-state index in [-0.39, 0.29) is 29.8 Å². The van der Waals surface area contributed by atoms with Crippen molar-refractivity contribution in [2.45, 2.75) is 12.8 Å². The number of carbonyl (C=O) groups is 1. The van der Waals surface area contributed by atoms with Gasteiger partial charge in [-0.15, -0.1) is 0 Å². The minimum absolute atomic E-state index is 0.0738. The second kappa shape index (κ2) is 4.59. The van der Waals surface area contributed by atoms with Gasteiger partial charge in [0.25, 0.3) is 0 Å². The van der Waals surface area contributed by atoms with E-state index in [1.165, 1.54) is 7.11 Å². The molecule has 1 rings (SSSR count). The van der Waals surface area contributed by atoms with Crippen LogP contribution in [0, 0.1) is 5.92 Å². The summed E-state index contributed by atoms with van der Waals surface area (Å²) >= 11 is 0. The van der Waals surface area contributed by atoms with Gasteiger partial charge in [-0.05, 0) is 12.3 Å². The molecule has 0 N–H and O–H groups in total. The van der Waals surface area contributed by atoms with Crippen LogP contribution >= 0.6 is 0 Å². The van der Waals surface area contributed by atoms with Crippen LogP contribution < -0.4 is 0 Å². The van der Waals surface area contributed by atoms with E-state index < -0.39 is 9.84 Å². The largest absolute Gasteiger partial charge is 0.469 e. The summed E-state index contributed by atoms with van der Waals surface area (Å²) in [5, 5.41) is 0. The third-order valence-electron chi connectivity index (χ3n) is 2.19. The molecule has 0 amide bonds. The highest BCUT2D eigenvalue weighted by Gasteiger charge is 2.25. The van der Waals surface area contributed by atoms with Crippen LogP contribution in [0.3, 0.4) is 0 Å². The van der Waals surface area contributed by atoms with Gasteiger partial charge in [0.15, 0.2) is 9.84 Å². The van der Waals surface area contributed by atoms with Crippen molar-refractivity contribution in [3.8, 4) is 0 Å². The molecule has 0 bridgehead atoms. The van der Waals surface area contributed by atoms with Crippen LogP contribution in [-0.4, -0.2) is 33.0 Å². The number of hydrogen-bond acceptors (Lipinski definition) is 4. The summed E-state index contributed by atoms with van der Waals surface area (Å²) in [5.41, 5.74) is 0. The third-order valence-corrected chi connectivity index (χ3v) is 3.98. The minimum atomic E-state index is -2.82. The van der Waals surface area contributed by atoms with Crippen LogP contribution in [0.25, 0.3) is 0 Å². The van der Waals surface area contributed by atoms with Gasteiger partial charge < -0.3 is 4.74 Å². The molecular formula is C9H14O4S. The number of rotatable bonds is 3. The van der Waals surface area contributed by atoms with Gasteiger partial charge in [0.1, 0.15) is 0 Å². The Morgan fingerprint density at radius 1 is 1.57 bits per heavy atom. The van der Waals surface area contributed by atoms with E-state index in [4.69, 9.17) is 0 Å². The highest BCUT2D eigenvalue weighted by molar-refractivity contribution is 7.91. The molecule has 4 nitrogen and oxygen atoms in total. The van der Waals surface area contributed by atoms with Crippen molar-refractivity contribution in [1.82, 2.24) is 0 Å². The third kappa shape index (κ3) is 3.49. The Morgan fingerprint density at radius 2 is 2.29 bits per heavy atom. The SMILES string of the molecule is COC(=O)C/C=C\C1CCS(=O)(=O)C1. The molecule has 0 aromatic rings. The molecule has 0 saturated carbocycles. The smallest absolute Gasteiger partial charge is 0.309 e. The lowest BCUT2D eigenvalue weighted by atomic mass is 10.1. The number of esters is 1. The molecule has 80 valence electrons. The van der Waals surface area contributed by atoms with Crippen LogP contribution in [0.4, 0.5) is 0 Å². The highest BCUT2D eigenvalue weighted by Crippen LogP contribution is 2.19. The Balaban J connectivity index is 2.36. The average Bonchev–Trinajstić information content (AvgIpc) is 2.45. The highest BCUT2D eigenvalue weighted by atomic mass is 32.2. The van der Waals surface area contributed by atoms with E-state index in [9.17, 15) is 13.2 Å². The molecule has 0 aromatic heterocycles. The zero-order chi connectivity index (χ0) is 10.6. The predicted molar refractivity (Wildman–Crippen MR) is 52.5 cm³/mol.